The third-order valence-electron chi connectivity index (χ3n) is 5.19. The Bertz CT molecular complexity index is 928. The van der Waals surface area contributed by atoms with Crippen molar-refractivity contribution in [3.05, 3.63) is 64.7 Å². The van der Waals surface area contributed by atoms with Gasteiger partial charge in [-0.2, -0.15) is 0 Å². The third-order valence-corrected chi connectivity index (χ3v) is 5.44. The molecule has 1 aliphatic carbocycles. The summed E-state index contributed by atoms with van der Waals surface area (Å²) in [4.78, 5) is 24.2. The molecule has 1 saturated carbocycles. The molecule has 3 rings (SSSR count). The van der Waals surface area contributed by atoms with Crippen LogP contribution in [0.4, 0.5) is 23.7 Å². The third kappa shape index (κ3) is 8.94. The van der Waals surface area contributed by atoms with Gasteiger partial charge in [-0.05, 0) is 61.1 Å². The molecule has 2 N–H and O–H groups in total. The maximum Gasteiger partial charge on any atom is 0.522 e. The quantitative estimate of drug-likeness (QED) is 0.536. The number of halogens is 4. The van der Waals surface area contributed by atoms with Gasteiger partial charge in [0.05, 0.1) is 12.5 Å². The van der Waals surface area contributed by atoms with Crippen LogP contribution in [0.15, 0.2) is 48.5 Å². The molecule has 1 aliphatic rings. The molecule has 0 radical (unpaired) electrons. The number of carbonyl (C=O) groups is 2. The van der Waals surface area contributed by atoms with E-state index in [1.807, 2.05) is 0 Å². The van der Waals surface area contributed by atoms with E-state index in [0.717, 1.165) is 11.1 Å². The second-order valence-electron chi connectivity index (χ2n) is 7.81. The molecule has 0 aromatic heterocycles. The zero-order chi connectivity index (χ0) is 23.8. The Morgan fingerprint density at radius 1 is 0.939 bits per heavy atom. The Morgan fingerprint density at radius 2 is 1.55 bits per heavy atom. The van der Waals surface area contributed by atoms with Gasteiger partial charge in [0.1, 0.15) is 6.61 Å². The Kier molecular flexibility index (Phi) is 8.57. The second kappa shape index (κ2) is 11.4. The van der Waals surface area contributed by atoms with E-state index in [9.17, 15) is 22.8 Å². The molecular formula is C23H24ClF3N2O4. The average molecular weight is 485 g/mol. The number of benzene rings is 2. The number of hydrogen-bond donors (Lipinski definition) is 2. The lowest BCUT2D eigenvalue weighted by atomic mass is 9.93. The van der Waals surface area contributed by atoms with Gasteiger partial charge < -0.3 is 10.1 Å². The summed E-state index contributed by atoms with van der Waals surface area (Å²) in [5, 5.41) is 6.07. The van der Waals surface area contributed by atoms with Gasteiger partial charge in [0.2, 0.25) is 5.91 Å². The largest absolute Gasteiger partial charge is 0.522 e. The fourth-order valence-corrected chi connectivity index (χ4v) is 3.69. The van der Waals surface area contributed by atoms with E-state index in [1.54, 1.807) is 48.5 Å². The molecule has 0 saturated heterocycles. The van der Waals surface area contributed by atoms with E-state index < -0.39 is 18.6 Å². The summed E-state index contributed by atoms with van der Waals surface area (Å²) < 4.78 is 46.1. The monoisotopic (exact) mass is 484 g/mol. The Morgan fingerprint density at radius 3 is 2.15 bits per heavy atom. The van der Waals surface area contributed by atoms with Gasteiger partial charge >= 0.3 is 12.5 Å². The van der Waals surface area contributed by atoms with Crippen molar-refractivity contribution in [2.45, 2.75) is 57.2 Å². The fraction of sp³-hybridized carbons (Fsp3) is 0.391. The lowest BCUT2D eigenvalue weighted by Crippen LogP contribution is -2.40. The molecule has 2 amide bonds. The normalized spacial score (nSPS) is 18.4. The minimum Gasteiger partial charge on any atom is -0.444 e. The first-order valence-electron chi connectivity index (χ1n) is 10.5. The molecule has 0 atom stereocenters. The SMILES string of the molecule is O=C(Cc1ccc(NC(=O)OCc2ccc(Cl)cc2)cc1)NC1CCC(OC(F)(F)F)CC1. The van der Waals surface area contributed by atoms with Crippen molar-refractivity contribution in [3.8, 4) is 0 Å². The Balaban J connectivity index is 1.38. The number of rotatable bonds is 7. The number of carbonyl (C=O) groups excluding carboxylic acids is 2. The molecule has 0 heterocycles. The number of alkyl halides is 3. The molecule has 0 bridgehead atoms. The van der Waals surface area contributed by atoms with Crippen LogP contribution in [0, 0.1) is 0 Å². The van der Waals surface area contributed by atoms with Crippen LogP contribution in [0.3, 0.4) is 0 Å². The van der Waals surface area contributed by atoms with Crippen molar-refractivity contribution >= 4 is 29.3 Å². The summed E-state index contributed by atoms with van der Waals surface area (Å²) >= 11 is 5.82. The van der Waals surface area contributed by atoms with Crippen molar-refractivity contribution in [1.82, 2.24) is 5.32 Å². The van der Waals surface area contributed by atoms with Gasteiger partial charge in [0.15, 0.2) is 0 Å². The minimum absolute atomic E-state index is 0.103. The molecule has 10 heteroatoms. The molecule has 0 unspecified atom stereocenters. The zero-order valence-electron chi connectivity index (χ0n) is 17.7. The van der Waals surface area contributed by atoms with Crippen molar-refractivity contribution in [2.75, 3.05) is 5.32 Å². The highest BCUT2D eigenvalue weighted by Gasteiger charge is 2.35. The van der Waals surface area contributed by atoms with Gasteiger partial charge in [0.25, 0.3) is 0 Å². The summed E-state index contributed by atoms with van der Waals surface area (Å²) in [5.41, 5.74) is 2.06. The first-order valence-corrected chi connectivity index (χ1v) is 10.8. The fourth-order valence-electron chi connectivity index (χ4n) is 3.57. The Hall–Kier alpha value is -2.78. The first kappa shape index (κ1) is 24.9. The summed E-state index contributed by atoms with van der Waals surface area (Å²) in [5.74, 6) is -0.210. The average Bonchev–Trinajstić information content (AvgIpc) is 2.75. The van der Waals surface area contributed by atoms with Crippen LogP contribution < -0.4 is 10.6 Å². The molecule has 33 heavy (non-hydrogen) atoms. The van der Waals surface area contributed by atoms with Gasteiger partial charge in [-0.25, -0.2) is 4.79 Å². The molecular weight excluding hydrogens is 461 g/mol. The zero-order valence-corrected chi connectivity index (χ0v) is 18.4. The molecule has 0 aliphatic heterocycles. The highest BCUT2D eigenvalue weighted by Crippen LogP contribution is 2.28. The predicted molar refractivity (Wildman–Crippen MR) is 117 cm³/mol. The van der Waals surface area contributed by atoms with Crippen molar-refractivity contribution in [2.24, 2.45) is 0 Å². The molecule has 6 nitrogen and oxygen atoms in total. The first-order chi connectivity index (χ1) is 15.7. The van der Waals surface area contributed by atoms with Crippen LogP contribution in [0.25, 0.3) is 0 Å². The highest BCUT2D eigenvalue weighted by atomic mass is 35.5. The maximum absolute atomic E-state index is 12.3. The highest BCUT2D eigenvalue weighted by molar-refractivity contribution is 6.30. The summed E-state index contributed by atoms with van der Waals surface area (Å²) in [7, 11) is 0. The lowest BCUT2D eigenvalue weighted by molar-refractivity contribution is -0.345. The van der Waals surface area contributed by atoms with E-state index in [1.165, 1.54) is 0 Å². The smallest absolute Gasteiger partial charge is 0.444 e. The predicted octanol–water partition coefficient (Wildman–Crippen LogP) is 5.60. The second-order valence-corrected chi connectivity index (χ2v) is 8.24. The molecule has 2 aromatic carbocycles. The number of hydrogen-bond acceptors (Lipinski definition) is 4. The molecule has 1 fully saturated rings. The van der Waals surface area contributed by atoms with E-state index in [0.29, 0.717) is 23.6 Å². The van der Waals surface area contributed by atoms with E-state index >= 15 is 0 Å². The van der Waals surface area contributed by atoms with Gasteiger partial charge in [-0.1, -0.05) is 35.9 Å². The van der Waals surface area contributed by atoms with Crippen LogP contribution in [-0.4, -0.2) is 30.5 Å². The Labute approximate surface area is 194 Å². The summed E-state index contributed by atoms with van der Waals surface area (Å²) in [6.07, 6.45) is -4.59. The van der Waals surface area contributed by atoms with Gasteiger partial charge in [-0.3, -0.25) is 14.8 Å². The van der Waals surface area contributed by atoms with E-state index in [4.69, 9.17) is 16.3 Å². The number of ether oxygens (including phenoxy) is 2. The van der Waals surface area contributed by atoms with Crippen molar-refractivity contribution < 1.29 is 32.2 Å². The van der Waals surface area contributed by atoms with Crippen LogP contribution in [0.2, 0.25) is 5.02 Å². The molecule has 0 spiro atoms. The van der Waals surface area contributed by atoms with Crippen LogP contribution in [0.5, 0.6) is 0 Å². The summed E-state index contributed by atoms with van der Waals surface area (Å²) in [6, 6.07) is 13.5. The number of nitrogens with one attached hydrogen (secondary N) is 2. The minimum atomic E-state index is -4.63. The van der Waals surface area contributed by atoms with Gasteiger partial charge in [-0.15, -0.1) is 13.2 Å². The summed E-state index contributed by atoms with van der Waals surface area (Å²) in [6.45, 7) is 0.103. The van der Waals surface area contributed by atoms with E-state index in [2.05, 4.69) is 15.4 Å². The van der Waals surface area contributed by atoms with Crippen molar-refractivity contribution in [1.29, 1.82) is 0 Å². The molecule has 178 valence electrons. The van der Waals surface area contributed by atoms with E-state index in [-0.39, 0.29) is 37.8 Å². The van der Waals surface area contributed by atoms with Gasteiger partial charge in [0, 0.05) is 16.8 Å². The lowest BCUT2D eigenvalue weighted by Gasteiger charge is -2.29. The number of anilines is 1. The topological polar surface area (TPSA) is 76.7 Å². The van der Waals surface area contributed by atoms with Crippen LogP contribution >= 0.6 is 11.6 Å². The standard InChI is InChI=1S/C23H24ClF3N2O4/c24-17-5-1-16(2-6-17)14-32-22(31)29-19-7-3-15(4-8-19)13-21(30)28-18-9-11-20(12-10-18)33-23(25,26)27/h1-8,18,20H,9-14H2,(H,28,30)(H,29,31). The van der Waals surface area contributed by atoms with Crippen LogP contribution in [0.1, 0.15) is 36.8 Å². The number of amides is 2. The van der Waals surface area contributed by atoms with Crippen LogP contribution in [-0.2, 0) is 27.3 Å². The molecule has 2 aromatic rings. The maximum atomic E-state index is 12.3. The van der Waals surface area contributed by atoms with Crippen molar-refractivity contribution in [3.63, 3.8) is 0 Å².